The van der Waals surface area contributed by atoms with Crippen LogP contribution in [0.3, 0.4) is 0 Å². The Hall–Kier alpha value is -2.82. The molecule has 0 unspecified atom stereocenters. The topological polar surface area (TPSA) is 65.4 Å². The van der Waals surface area contributed by atoms with E-state index in [-0.39, 0.29) is 17.3 Å². The van der Waals surface area contributed by atoms with Gasteiger partial charge in [0.15, 0.2) is 11.5 Å². The predicted octanol–water partition coefficient (Wildman–Crippen LogP) is 3.44. The normalized spacial score (nSPS) is 10.8. The number of anilines is 1. The fourth-order valence-electron chi connectivity index (χ4n) is 2.36. The van der Waals surface area contributed by atoms with Gasteiger partial charge in [-0.25, -0.2) is 4.39 Å². The lowest BCUT2D eigenvalue weighted by Gasteiger charge is -2.10. The quantitative estimate of drug-likeness (QED) is 0.646. The minimum absolute atomic E-state index is 0.131. The van der Waals surface area contributed by atoms with Gasteiger partial charge in [-0.1, -0.05) is 18.2 Å². The van der Waals surface area contributed by atoms with Gasteiger partial charge in [-0.15, -0.1) is 0 Å². The monoisotopic (exact) mass is 298 g/mol. The van der Waals surface area contributed by atoms with E-state index in [1.807, 2.05) is 6.07 Å². The van der Waals surface area contributed by atoms with Gasteiger partial charge >= 0.3 is 0 Å². The molecule has 0 aliphatic rings. The maximum atomic E-state index is 13.7. The summed E-state index contributed by atoms with van der Waals surface area (Å²) in [6.45, 7) is 0.611. The average molecular weight is 298 g/mol. The van der Waals surface area contributed by atoms with Crippen LogP contribution < -0.4 is 5.32 Å². The molecule has 22 heavy (non-hydrogen) atoms. The molecule has 0 saturated heterocycles. The van der Waals surface area contributed by atoms with Crippen LogP contribution in [0.2, 0.25) is 0 Å². The zero-order valence-electron chi connectivity index (χ0n) is 11.8. The van der Waals surface area contributed by atoms with Crippen LogP contribution in [-0.2, 0) is 6.42 Å². The number of pyridine rings is 1. The largest absolute Gasteiger partial charge is 0.504 e. The number of aromatic nitrogens is 1. The lowest BCUT2D eigenvalue weighted by Crippen LogP contribution is -2.05. The Labute approximate surface area is 126 Å². The molecule has 0 saturated carbocycles. The summed E-state index contributed by atoms with van der Waals surface area (Å²) in [5.41, 5.74) is 2.05. The van der Waals surface area contributed by atoms with Gasteiger partial charge < -0.3 is 15.5 Å². The number of fused-ring (bicyclic) bond motifs is 1. The van der Waals surface area contributed by atoms with Crippen LogP contribution in [-0.4, -0.2) is 21.7 Å². The first-order valence-electron chi connectivity index (χ1n) is 6.93. The number of halogens is 1. The highest BCUT2D eigenvalue weighted by Gasteiger charge is 2.06. The molecule has 0 spiro atoms. The van der Waals surface area contributed by atoms with Crippen LogP contribution in [0.5, 0.6) is 11.5 Å². The molecule has 0 fully saturated rings. The van der Waals surface area contributed by atoms with Crippen molar-refractivity contribution < 1.29 is 14.6 Å². The molecule has 1 aromatic heterocycles. The number of nitrogens with one attached hydrogen (secondary N) is 1. The first kappa shape index (κ1) is 14.1. The van der Waals surface area contributed by atoms with Gasteiger partial charge in [-0.2, -0.15) is 0 Å². The van der Waals surface area contributed by atoms with Crippen molar-refractivity contribution in [2.24, 2.45) is 0 Å². The smallest absolute Gasteiger partial charge is 0.157 e. The highest BCUT2D eigenvalue weighted by molar-refractivity contribution is 5.91. The highest BCUT2D eigenvalue weighted by atomic mass is 19.1. The highest BCUT2D eigenvalue weighted by Crippen LogP contribution is 2.26. The van der Waals surface area contributed by atoms with E-state index in [1.54, 1.807) is 24.4 Å². The molecule has 5 heteroatoms. The van der Waals surface area contributed by atoms with E-state index in [1.165, 1.54) is 18.2 Å². The number of hydrogen-bond donors (Lipinski definition) is 3. The number of para-hydroxylation sites is 1. The molecular weight excluding hydrogens is 283 g/mol. The summed E-state index contributed by atoms with van der Waals surface area (Å²) in [6, 6.07) is 11.4. The van der Waals surface area contributed by atoms with Crippen molar-refractivity contribution in [3.8, 4) is 11.5 Å². The molecule has 3 rings (SSSR count). The van der Waals surface area contributed by atoms with Crippen molar-refractivity contribution in [2.75, 3.05) is 11.9 Å². The first-order valence-corrected chi connectivity index (χ1v) is 6.93. The summed E-state index contributed by atoms with van der Waals surface area (Å²) < 4.78 is 13.7. The maximum Gasteiger partial charge on any atom is 0.157 e. The van der Waals surface area contributed by atoms with Crippen molar-refractivity contribution in [3.05, 3.63) is 60.0 Å². The number of nitrogens with zero attached hydrogens (tertiary/aromatic N) is 1. The maximum absolute atomic E-state index is 13.7. The molecule has 1 heterocycles. The van der Waals surface area contributed by atoms with Crippen LogP contribution in [0, 0.1) is 5.82 Å². The molecule has 112 valence electrons. The SMILES string of the molecule is Oc1ccc(CCNc2ccnc3c(F)cccc23)cc1O. The molecule has 0 radical (unpaired) electrons. The van der Waals surface area contributed by atoms with Crippen molar-refractivity contribution >= 4 is 16.6 Å². The lowest BCUT2D eigenvalue weighted by molar-refractivity contribution is 0.403. The minimum atomic E-state index is -0.343. The van der Waals surface area contributed by atoms with Gasteiger partial charge in [-0.3, -0.25) is 4.98 Å². The van der Waals surface area contributed by atoms with Crippen molar-refractivity contribution in [3.63, 3.8) is 0 Å². The zero-order chi connectivity index (χ0) is 15.5. The van der Waals surface area contributed by atoms with Crippen LogP contribution in [0.1, 0.15) is 5.56 Å². The number of phenolic OH excluding ortho intramolecular Hbond substituents is 2. The Morgan fingerprint density at radius 1 is 1.05 bits per heavy atom. The molecule has 3 aromatic rings. The number of aromatic hydroxyl groups is 2. The Morgan fingerprint density at radius 3 is 2.73 bits per heavy atom. The van der Waals surface area contributed by atoms with E-state index in [4.69, 9.17) is 0 Å². The van der Waals surface area contributed by atoms with Gasteiger partial charge in [-0.05, 0) is 36.2 Å². The Bertz CT molecular complexity index is 821. The van der Waals surface area contributed by atoms with Crippen LogP contribution in [0.15, 0.2) is 48.7 Å². The Balaban J connectivity index is 1.74. The molecule has 0 amide bonds. The fraction of sp³-hybridized carbons (Fsp3) is 0.118. The average Bonchev–Trinajstić information content (AvgIpc) is 2.52. The van der Waals surface area contributed by atoms with Gasteiger partial charge in [0.25, 0.3) is 0 Å². The summed E-state index contributed by atoms with van der Waals surface area (Å²) >= 11 is 0. The van der Waals surface area contributed by atoms with Gasteiger partial charge in [0.1, 0.15) is 11.3 Å². The molecule has 0 aliphatic carbocycles. The minimum Gasteiger partial charge on any atom is -0.504 e. The van der Waals surface area contributed by atoms with E-state index < -0.39 is 0 Å². The summed E-state index contributed by atoms with van der Waals surface area (Å²) in [7, 11) is 0. The van der Waals surface area contributed by atoms with Crippen LogP contribution >= 0.6 is 0 Å². The molecule has 0 bridgehead atoms. The number of hydrogen-bond acceptors (Lipinski definition) is 4. The van der Waals surface area contributed by atoms with Crippen LogP contribution in [0.4, 0.5) is 10.1 Å². The zero-order valence-corrected chi connectivity index (χ0v) is 11.8. The first-order chi connectivity index (χ1) is 10.6. The second-order valence-corrected chi connectivity index (χ2v) is 4.99. The Kier molecular flexibility index (Phi) is 3.78. The second-order valence-electron chi connectivity index (χ2n) is 4.99. The van der Waals surface area contributed by atoms with E-state index in [9.17, 15) is 14.6 Å². The third kappa shape index (κ3) is 2.79. The van der Waals surface area contributed by atoms with E-state index in [0.717, 1.165) is 16.6 Å². The van der Waals surface area contributed by atoms with Crippen molar-refractivity contribution in [1.82, 2.24) is 4.98 Å². The molecule has 0 atom stereocenters. The fourth-order valence-corrected chi connectivity index (χ4v) is 2.36. The Morgan fingerprint density at radius 2 is 1.91 bits per heavy atom. The van der Waals surface area contributed by atoms with E-state index >= 15 is 0 Å². The van der Waals surface area contributed by atoms with Gasteiger partial charge in [0.05, 0.1) is 0 Å². The number of phenols is 2. The lowest BCUT2D eigenvalue weighted by atomic mass is 10.1. The van der Waals surface area contributed by atoms with Crippen molar-refractivity contribution in [1.29, 1.82) is 0 Å². The molecular formula is C17H15FN2O2. The van der Waals surface area contributed by atoms with Crippen molar-refractivity contribution in [2.45, 2.75) is 6.42 Å². The predicted molar refractivity (Wildman–Crippen MR) is 83.7 cm³/mol. The summed E-state index contributed by atoms with van der Waals surface area (Å²) in [5.74, 6) is -0.606. The van der Waals surface area contributed by atoms with Gasteiger partial charge in [0, 0.05) is 23.8 Å². The summed E-state index contributed by atoms with van der Waals surface area (Å²) in [4.78, 5) is 4.05. The third-order valence-electron chi connectivity index (χ3n) is 3.49. The standard InChI is InChI=1S/C17H15FN2O2/c18-13-3-1-2-12-14(7-9-20-17(12)13)19-8-6-11-4-5-15(21)16(22)10-11/h1-5,7,9-10,21-22H,6,8H2,(H,19,20). The number of rotatable bonds is 4. The third-order valence-corrected chi connectivity index (χ3v) is 3.49. The molecule has 0 aliphatic heterocycles. The summed E-state index contributed by atoms with van der Waals surface area (Å²) in [6.07, 6.45) is 2.23. The van der Waals surface area contributed by atoms with Crippen LogP contribution in [0.25, 0.3) is 10.9 Å². The number of benzene rings is 2. The summed E-state index contributed by atoms with van der Waals surface area (Å²) in [5, 5.41) is 22.7. The van der Waals surface area contributed by atoms with E-state index in [0.29, 0.717) is 18.5 Å². The second kappa shape index (κ2) is 5.89. The molecule has 3 N–H and O–H groups in total. The van der Waals surface area contributed by atoms with Gasteiger partial charge in [0.2, 0.25) is 0 Å². The van der Waals surface area contributed by atoms with E-state index in [2.05, 4.69) is 10.3 Å². The molecule has 4 nitrogen and oxygen atoms in total. The molecule has 2 aromatic carbocycles.